The van der Waals surface area contributed by atoms with Gasteiger partial charge in [-0.25, -0.2) is 0 Å². The molecule has 18 heavy (non-hydrogen) atoms. The maximum absolute atomic E-state index is 11.7. The van der Waals surface area contributed by atoms with Gasteiger partial charge in [-0.05, 0) is 36.8 Å². The number of carbonyl (C=O) groups excluding carboxylic acids is 1. The van der Waals surface area contributed by atoms with Crippen LogP contribution in [0.1, 0.15) is 16.1 Å². The Morgan fingerprint density at radius 3 is 2.89 bits per heavy atom. The van der Waals surface area contributed by atoms with Gasteiger partial charge in [0.15, 0.2) is 12.4 Å². The number of hydrogen-bond acceptors (Lipinski definition) is 3. The molecule has 2 aromatic rings. The van der Waals surface area contributed by atoms with E-state index in [1.165, 1.54) is 6.26 Å². The van der Waals surface area contributed by atoms with Gasteiger partial charge in [-0.2, -0.15) is 0 Å². The molecule has 0 amide bonds. The molecular formula is C13H10BrClO3. The molecule has 2 rings (SSSR count). The predicted octanol–water partition coefficient (Wildman–Crippen LogP) is 4.27. The third kappa shape index (κ3) is 2.94. The van der Waals surface area contributed by atoms with Crippen molar-refractivity contribution in [3.63, 3.8) is 0 Å². The minimum atomic E-state index is -0.224. The topological polar surface area (TPSA) is 39.4 Å². The number of furan rings is 1. The van der Waals surface area contributed by atoms with Crippen LogP contribution in [0.15, 0.2) is 39.4 Å². The lowest BCUT2D eigenvalue weighted by atomic mass is 10.2. The van der Waals surface area contributed by atoms with Gasteiger partial charge in [-0.15, -0.1) is 0 Å². The fourth-order valence-electron chi connectivity index (χ4n) is 1.52. The molecule has 0 aliphatic rings. The summed E-state index contributed by atoms with van der Waals surface area (Å²) in [6.45, 7) is 1.76. The summed E-state index contributed by atoms with van der Waals surface area (Å²) in [5.41, 5.74) is 0.863. The SMILES string of the molecule is Cc1cc(Br)cc(Cl)c1OCC(=O)c1ccco1. The van der Waals surface area contributed by atoms with Crippen molar-refractivity contribution in [3.8, 4) is 5.75 Å². The number of hydrogen-bond donors (Lipinski definition) is 0. The summed E-state index contributed by atoms with van der Waals surface area (Å²) in [4.78, 5) is 11.7. The second-order valence-electron chi connectivity index (χ2n) is 3.72. The van der Waals surface area contributed by atoms with Crippen LogP contribution in [-0.2, 0) is 0 Å². The fourth-order valence-corrected chi connectivity index (χ4v) is 2.54. The van der Waals surface area contributed by atoms with Crippen LogP contribution in [0, 0.1) is 6.92 Å². The molecule has 1 heterocycles. The minimum Gasteiger partial charge on any atom is -0.483 e. The molecule has 1 aromatic carbocycles. The largest absolute Gasteiger partial charge is 0.483 e. The number of Topliss-reactive ketones (excluding diaryl/α,β-unsaturated/α-hetero) is 1. The van der Waals surface area contributed by atoms with Crippen molar-refractivity contribution >= 4 is 33.3 Å². The number of halogens is 2. The number of benzene rings is 1. The third-order valence-corrected chi connectivity index (χ3v) is 3.08. The van der Waals surface area contributed by atoms with Crippen molar-refractivity contribution in [3.05, 3.63) is 51.3 Å². The Morgan fingerprint density at radius 2 is 2.28 bits per heavy atom. The summed E-state index contributed by atoms with van der Waals surface area (Å²) in [7, 11) is 0. The van der Waals surface area contributed by atoms with E-state index >= 15 is 0 Å². The van der Waals surface area contributed by atoms with Crippen LogP contribution in [0.4, 0.5) is 0 Å². The Balaban J connectivity index is 2.09. The summed E-state index contributed by atoms with van der Waals surface area (Å²) < 4.78 is 11.3. The molecule has 0 N–H and O–H groups in total. The van der Waals surface area contributed by atoms with Crippen LogP contribution in [0.3, 0.4) is 0 Å². The van der Waals surface area contributed by atoms with Gasteiger partial charge in [0.1, 0.15) is 5.75 Å². The zero-order valence-electron chi connectivity index (χ0n) is 9.57. The number of aryl methyl sites for hydroxylation is 1. The third-order valence-electron chi connectivity index (χ3n) is 2.34. The first-order valence-electron chi connectivity index (χ1n) is 5.23. The zero-order valence-corrected chi connectivity index (χ0v) is 11.9. The van der Waals surface area contributed by atoms with Crippen molar-refractivity contribution in [2.75, 3.05) is 6.61 Å². The lowest BCUT2D eigenvalue weighted by molar-refractivity contribution is 0.0893. The highest BCUT2D eigenvalue weighted by Crippen LogP contribution is 2.32. The maximum atomic E-state index is 11.7. The van der Waals surface area contributed by atoms with Crippen molar-refractivity contribution in [1.29, 1.82) is 0 Å². The standard InChI is InChI=1S/C13H10BrClO3/c1-8-5-9(14)6-10(15)13(8)18-7-11(16)12-3-2-4-17-12/h2-6H,7H2,1H3. The summed E-state index contributed by atoms with van der Waals surface area (Å²) in [6, 6.07) is 6.85. The van der Waals surface area contributed by atoms with Gasteiger partial charge in [0.05, 0.1) is 11.3 Å². The summed E-state index contributed by atoms with van der Waals surface area (Å²) in [5, 5.41) is 0.467. The normalized spacial score (nSPS) is 10.4. The molecule has 0 unspecified atom stereocenters. The average molecular weight is 330 g/mol. The van der Waals surface area contributed by atoms with Gasteiger partial charge in [0.25, 0.3) is 0 Å². The second-order valence-corrected chi connectivity index (χ2v) is 5.05. The Bertz CT molecular complexity index is 541. The van der Waals surface area contributed by atoms with E-state index in [0.29, 0.717) is 10.8 Å². The van der Waals surface area contributed by atoms with Gasteiger partial charge in [-0.1, -0.05) is 27.5 Å². The molecule has 94 valence electrons. The maximum Gasteiger partial charge on any atom is 0.235 e. The highest BCUT2D eigenvalue weighted by Gasteiger charge is 2.13. The Kier molecular flexibility index (Phi) is 4.09. The van der Waals surface area contributed by atoms with Crippen LogP contribution in [0.5, 0.6) is 5.75 Å². The first-order chi connectivity index (χ1) is 8.58. The van der Waals surface area contributed by atoms with E-state index in [4.69, 9.17) is 20.8 Å². The first-order valence-corrected chi connectivity index (χ1v) is 6.40. The van der Waals surface area contributed by atoms with Crippen LogP contribution < -0.4 is 4.74 Å². The number of ether oxygens (including phenoxy) is 1. The van der Waals surface area contributed by atoms with Crippen molar-refractivity contribution in [2.45, 2.75) is 6.92 Å². The molecular weight excluding hydrogens is 319 g/mol. The predicted molar refractivity (Wildman–Crippen MR) is 72.4 cm³/mol. The average Bonchev–Trinajstić information content (AvgIpc) is 2.80. The lowest BCUT2D eigenvalue weighted by Crippen LogP contribution is -2.11. The zero-order chi connectivity index (χ0) is 13.1. The van der Waals surface area contributed by atoms with Gasteiger partial charge in [0.2, 0.25) is 5.78 Å². The summed E-state index contributed by atoms with van der Waals surface area (Å²) >= 11 is 9.39. The highest BCUT2D eigenvalue weighted by atomic mass is 79.9. The summed E-state index contributed by atoms with van der Waals surface area (Å²) in [5.74, 6) is 0.569. The van der Waals surface area contributed by atoms with E-state index < -0.39 is 0 Å². The number of carbonyl (C=O) groups is 1. The van der Waals surface area contributed by atoms with E-state index in [9.17, 15) is 4.79 Å². The van der Waals surface area contributed by atoms with E-state index in [2.05, 4.69) is 15.9 Å². The molecule has 0 atom stereocenters. The van der Waals surface area contributed by atoms with E-state index in [0.717, 1.165) is 10.0 Å². The monoisotopic (exact) mass is 328 g/mol. The van der Waals surface area contributed by atoms with E-state index in [1.807, 2.05) is 13.0 Å². The second kappa shape index (κ2) is 5.59. The Labute approximate surface area is 118 Å². The molecule has 0 bridgehead atoms. The Hall–Kier alpha value is -1.26. The van der Waals surface area contributed by atoms with Crippen LogP contribution in [-0.4, -0.2) is 12.4 Å². The molecule has 0 spiro atoms. The summed E-state index contributed by atoms with van der Waals surface area (Å²) in [6.07, 6.45) is 1.45. The smallest absolute Gasteiger partial charge is 0.235 e. The number of ketones is 1. The molecule has 0 saturated carbocycles. The van der Waals surface area contributed by atoms with Gasteiger partial charge in [-0.3, -0.25) is 4.79 Å². The van der Waals surface area contributed by atoms with Crippen molar-refractivity contribution < 1.29 is 13.9 Å². The fraction of sp³-hybridized carbons (Fsp3) is 0.154. The molecule has 5 heteroatoms. The quantitative estimate of drug-likeness (QED) is 0.787. The molecule has 0 aliphatic carbocycles. The van der Waals surface area contributed by atoms with Gasteiger partial charge < -0.3 is 9.15 Å². The molecule has 1 aromatic heterocycles. The van der Waals surface area contributed by atoms with Crippen LogP contribution in [0.25, 0.3) is 0 Å². The van der Waals surface area contributed by atoms with E-state index in [1.54, 1.807) is 18.2 Å². The molecule has 0 fully saturated rings. The lowest BCUT2D eigenvalue weighted by Gasteiger charge is -2.10. The van der Waals surface area contributed by atoms with Crippen LogP contribution >= 0.6 is 27.5 Å². The molecule has 0 radical (unpaired) electrons. The minimum absolute atomic E-state index is 0.101. The molecule has 3 nitrogen and oxygen atoms in total. The van der Waals surface area contributed by atoms with Crippen molar-refractivity contribution in [2.24, 2.45) is 0 Å². The van der Waals surface area contributed by atoms with Crippen LogP contribution in [0.2, 0.25) is 5.02 Å². The highest BCUT2D eigenvalue weighted by molar-refractivity contribution is 9.10. The Morgan fingerprint density at radius 1 is 1.50 bits per heavy atom. The van der Waals surface area contributed by atoms with E-state index in [-0.39, 0.29) is 18.2 Å². The van der Waals surface area contributed by atoms with Gasteiger partial charge in [0, 0.05) is 4.47 Å². The molecule has 0 saturated heterocycles. The van der Waals surface area contributed by atoms with Gasteiger partial charge >= 0.3 is 0 Å². The number of rotatable bonds is 4. The van der Waals surface area contributed by atoms with Crippen molar-refractivity contribution in [1.82, 2.24) is 0 Å². The first kappa shape index (κ1) is 13.2. The molecule has 0 aliphatic heterocycles.